The Kier molecular flexibility index (Phi) is 5.20. The number of halogens is 1. The maximum Gasteiger partial charge on any atom is 0.235 e. The van der Waals surface area contributed by atoms with Crippen LogP contribution in [0.25, 0.3) is 5.69 Å². The van der Waals surface area contributed by atoms with E-state index in [2.05, 4.69) is 10.4 Å². The molecule has 2 heterocycles. The third-order valence-electron chi connectivity index (χ3n) is 5.34. The quantitative estimate of drug-likeness (QED) is 0.706. The Balaban J connectivity index is 1.65. The van der Waals surface area contributed by atoms with Crippen LogP contribution < -0.4 is 5.32 Å². The minimum Gasteiger partial charge on any atom is -0.381 e. The molecule has 4 rings (SSSR count). The Hall–Kier alpha value is -2.63. The van der Waals surface area contributed by atoms with Crippen LogP contribution in [0.3, 0.4) is 0 Å². The molecule has 5 nitrogen and oxygen atoms in total. The second kappa shape index (κ2) is 7.78. The highest BCUT2D eigenvalue weighted by molar-refractivity contribution is 6.30. The number of carbonyl (C=O) groups is 1. The van der Waals surface area contributed by atoms with Gasteiger partial charge in [0.25, 0.3) is 0 Å². The Morgan fingerprint density at radius 3 is 2.64 bits per heavy atom. The lowest BCUT2D eigenvalue weighted by molar-refractivity contribution is -0.125. The summed E-state index contributed by atoms with van der Waals surface area (Å²) in [7, 11) is 0. The number of carbonyl (C=O) groups excluding carboxylic acids is 1. The maximum atomic E-state index is 13.4. The van der Waals surface area contributed by atoms with Gasteiger partial charge < -0.3 is 10.1 Å². The van der Waals surface area contributed by atoms with Crippen molar-refractivity contribution in [2.24, 2.45) is 0 Å². The van der Waals surface area contributed by atoms with E-state index in [1.807, 2.05) is 66.2 Å². The zero-order valence-electron chi connectivity index (χ0n) is 15.7. The van der Waals surface area contributed by atoms with Crippen LogP contribution in [0, 0.1) is 6.92 Å². The zero-order chi connectivity index (χ0) is 19.6. The number of rotatable bonds is 4. The van der Waals surface area contributed by atoms with Gasteiger partial charge in [-0.3, -0.25) is 4.79 Å². The van der Waals surface area contributed by atoms with Gasteiger partial charge in [-0.1, -0.05) is 29.8 Å². The first-order chi connectivity index (χ1) is 13.6. The number of ether oxygens (including phenoxy) is 1. The van der Waals surface area contributed by atoms with Gasteiger partial charge in [0.1, 0.15) is 0 Å². The Labute approximate surface area is 169 Å². The smallest absolute Gasteiger partial charge is 0.235 e. The lowest BCUT2D eigenvalue weighted by atomic mass is 9.73. The molecule has 1 aliphatic heterocycles. The molecule has 1 aliphatic rings. The van der Waals surface area contributed by atoms with Crippen molar-refractivity contribution >= 4 is 23.2 Å². The van der Waals surface area contributed by atoms with Crippen LogP contribution in [-0.4, -0.2) is 28.9 Å². The highest BCUT2D eigenvalue weighted by Gasteiger charge is 2.41. The molecule has 1 aromatic heterocycles. The van der Waals surface area contributed by atoms with Crippen molar-refractivity contribution in [1.29, 1.82) is 0 Å². The third kappa shape index (κ3) is 3.55. The molecule has 1 N–H and O–H groups in total. The first-order valence-electron chi connectivity index (χ1n) is 9.35. The molecule has 0 spiro atoms. The van der Waals surface area contributed by atoms with Gasteiger partial charge in [-0.05, 0) is 61.7 Å². The second-order valence-electron chi connectivity index (χ2n) is 7.09. The second-order valence-corrected chi connectivity index (χ2v) is 7.53. The maximum absolute atomic E-state index is 13.4. The van der Waals surface area contributed by atoms with E-state index in [0.29, 0.717) is 31.1 Å². The van der Waals surface area contributed by atoms with Crippen molar-refractivity contribution in [1.82, 2.24) is 9.78 Å². The molecule has 0 saturated carbocycles. The van der Waals surface area contributed by atoms with Gasteiger partial charge in [0, 0.05) is 35.8 Å². The number of aromatic nitrogens is 2. The van der Waals surface area contributed by atoms with Gasteiger partial charge in [-0.15, -0.1) is 0 Å². The molecule has 0 unspecified atom stereocenters. The number of nitrogens with one attached hydrogen (secondary N) is 1. The SMILES string of the molecule is Cc1ccnn1-c1cccc(NC(=O)C2(c3cccc(Cl)c3)CCOCC2)c1. The highest BCUT2D eigenvalue weighted by Crippen LogP contribution is 2.37. The van der Waals surface area contributed by atoms with E-state index in [0.717, 1.165) is 22.6 Å². The van der Waals surface area contributed by atoms with E-state index in [9.17, 15) is 4.79 Å². The van der Waals surface area contributed by atoms with Crippen molar-refractivity contribution in [3.8, 4) is 5.69 Å². The summed E-state index contributed by atoms with van der Waals surface area (Å²) in [5.41, 5.74) is 2.96. The van der Waals surface area contributed by atoms with E-state index in [1.54, 1.807) is 6.20 Å². The highest BCUT2D eigenvalue weighted by atomic mass is 35.5. The van der Waals surface area contributed by atoms with E-state index >= 15 is 0 Å². The summed E-state index contributed by atoms with van der Waals surface area (Å²) < 4.78 is 7.38. The van der Waals surface area contributed by atoms with Crippen LogP contribution in [0.15, 0.2) is 60.8 Å². The molecule has 28 heavy (non-hydrogen) atoms. The van der Waals surface area contributed by atoms with E-state index in [1.165, 1.54) is 0 Å². The predicted molar refractivity (Wildman–Crippen MR) is 110 cm³/mol. The van der Waals surface area contributed by atoms with Crippen LogP contribution >= 0.6 is 11.6 Å². The van der Waals surface area contributed by atoms with Crippen molar-refractivity contribution < 1.29 is 9.53 Å². The summed E-state index contributed by atoms with van der Waals surface area (Å²) in [4.78, 5) is 13.4. The van der Waals surface area contributed by atoms with E-state index in [4.69, 9.17) is 16.3 Å². The molecule has 0 bridgehead atoms. The summed E-state index contributed by atoms with van der Waals surface area (Å²) >= 11 is 6.21. The Morgan fingerprint density at radius 2 is 1.93 bits per heavy atom. The average molecular weight is 396 g/mol. The van der Waals surface area contributed by atoms with Crippen molar-refractivity contribution in [3.05, 3.63) is 77.1 Å². The largest absolute Gasteiger partial charge is 0.381 e. The number of benzene rings is 2. The van der Waals surface area contributed by atoms with E-state index < -0.39 is 5.41 Å². The number of hydrogen-bond donors (Lipinski definition) is 1. The van der Waals surface area contributed by atoms with Crippen molar-refractivity contribution in [3.63, 3.8) is 0 Å². The molecular formula is C22H22ClN3O2. The van der Waals surface area contributed by atoms with E-state index in [-0.39, 0.29) is 5.91 Å². The summed E-state index contributed by atoms with van der Waals surface area (Å²) in [6.07, 6.45) is 3.00. The van der Waals surface area contributed by atoms with Gasteiger partial charge in [-0.2, -0.15) is 5.10 Å². The summed E-state index contributed by atoms with van der Waals surface area (Å²) in [5, 5.41) is 8.09. The van der Waals surface area contributed by atoms with Gasteiger partial charge in [0.05, 0.1) is 11.1 Å². The lowest BCUT2D eigenvalue weighted by Gasteiger charge is -2.36. The van der Waals surface area contributed by atoms with Crippen molar-refractivity contribution in [2.75, 3.05) is 18.5 Å². The van der Waals surface area contributed by atoms with Crippen LogP contribution in [0.4, 0.5) is 5.69 Å². The first kappa shape index (κ1) is 18.7. The molecule has 1 amide bonds. The molecule has 3 aromatic rings. The fourth-order valence-electron chi connectivity index (χ4n) is 3.76. The topological polar surface area (TPSA) is 56.2 Å². The normalized spacial score (nSPS) is 15.9. The summed E-state index contributed by atoms with van der Waals surface area (Å²) in [6, 6.07) is 17.2. The van der Waals surface area contributed by atoms with Gasteiger partial charge in [-0.25, -0.2) is 4.68 Å². The van der Waals surface area contributed by atoms with Gasteiger partial charge >= 0.3 is 0 Å². The Bertz CT molecular complexity index is 993. The number of amides is 1. The summed E-state index contributed by atoms with van der Waals surface area (Å²) in [5.74, 6) is -0.0348. The molecule has 0 aliphatic carbocycles. The number of hydrogen-bond acceptors (Lipinski definition) is 3. The van der Waals surface area contributed by atoms with Gasteiger partial charge in [0.15, 0.2) is 0 Å². The molecule has 2 aromatic carbocycles. The molecule has 144 valence electrons. The fourth-order valence-corrected chi connectivity index (χ4v) is 3.95. The third-order valence-corrected chi connectivity index (χ3v) is 5.57. The van der Waals surface area contributed by atoms with Crippen LogP contribution in [0.5, 0.6) is 0 Å². The van der Waals surface area contributed by atoms with Crippen LogP contribution in [0.1, 0.15) is 24.1 Å². The number of aryl methyl sites for hydroxylation is 1. The molecule has 0 atom stereocenters. The molecule has 1 fully saturated rings. The van der Waals surface area contributed by atoms with Crippen LogP contribution in [-0.2, 0) is 14.9 Å². The number of nitrogens with zero attached hydrogens (tertiary/aromatic N) is 2. The lowest BCUT2D eigenvalue weighted by Crippen LogP contribution is -2.44. The average Bonchev–Trinajstić information content (AvgIpc) is 3.14. The standard InChI is InChI=1S/C22H22ClN3O2/c1-16-8-11-24-26(16)20-7-3-6-19(15-20)25-21(27)22(9-12-28-13-10-22)17-4-2-5-18(23)14-17/h2-8,11,14-15H,9-10,12-13H2,1H3,(H,25,27). The summed E-state index contributed by atoms with van der Waals surface area (Å²) in [6.45, 7) is 3.09. The fraction of sp³-hybridized carbons (Fsp3) is 0.273. The van der Waals surface area contributed by atoms with Crippen molar-refractivity contribution in [2.45, 2.75) is 25.2 Å². The van der Waals surface area contributed by atoms with Gasteiger partial charge in [0.2, 0.25) is 5.91 Å². The Morgan fingerprint density at radius 1 is 1.14 bits per heavy atom. The minimum atomic E-state index is -0.652. The molecular weight excluding hydrogens is 374 g/mol. The monoisotopic (exact) mass is 395 g/mol. The predicted octanol–water partition coefficient (Wildman–Crippen LogP) is 4.52. The first-order valence-corrected chi connectivity index (χ1v) is 9.73. The minimum absolute atomic E-state index is 0.0348. The molecule has 0 radical (unpaired) electrons. The molecule has 6 heteroatoms. The number of anilines is 1. The van der Waals surface area contributed by atoms with Crippen LogP contribution in [0.2, 0.25) is 5.02 Å². The molecule has 1 saturated heterocycles. The zero-order valence-corrected chi connectivity index (χ0v) is 16.4.